The summed E-state index contributed by atoms with van der Waals surface area (Å²) in [6.07, 6.45) is 12.4. The van der Waals surface area contributed by atoms with Crippen molar-refractivity contribution in [1.29, 1.82) is 0 Å². The van der Waals surface area contributed by atoms with E-state index in [2.05, 4.69) is 11.1 Å². The molecule has 2 heterocycles. The van der Waals surface area contributed by atoms with Crippen LogP contribution in [0.15, 0.2) is 42.7 Å². The molecule has 174 valence electrons. The number of hydrogen-bond donors (Lipinski definition) is 0. The molecule has 1 aliphatic rings. The molecule has 1 aliphatic carbocycles. The molecule has 1 fully saturated rings. The number of halogens is 1. The standard InChI is InChI=1S/C27H32ClN3O2/c1-2-33-27(32)21-11-7-10-20(14-15-21)26-22-18-30-25(31-24(22)16-17-29-26)13-6-4-9-19-8-3-5-12-23(19)28/h3,5,8,12,16-18,20-21H,2,4,6-7,9-11,13-15H2,1H3. The lowest BCUT2D eigenvalue weighted by Crippen LogP contribution is -2.17. The summed E-state index contributed by atoms with van der Waals surface area (Å²) in [4.78, 5) is 26.4. The quantitative estimate of drug-likeness (QED) is 0.216. The van der Waals surface area contributed by atoms with E-state index in [4.69, 9.17) is 26.3 Å². The average molecular weight is 466 g/mol. The molecule has 0 saturated heterocycles. The van der Waals surface area contributed by atoms with E-state index in [0.717, 1.165) is 85.2 Å². The van der Waals surface area contributed by atoms with Crippen molar-refractivity contribution in [2.45, 2.75) is 70.6 Å². The molecule has 0 aliphatic heterocycles. The van der Waals surface area contributed by atoms with Gasteiger partial charge in [-0.1, -0.05) is 36.2 Å². The van der Waals surface area contributed by atoms with Crippen molar-refractivity contribution in [1.82, 2.24) is 15.0 Å². The van der Waals surface area contributed by atoms with Crippen LogP contribution in [0.25, 0.3) is 10.9 Å². The normalized spacial score (nSPS) is 18.7. The van der Waals surface area contributed by atoms with E-state index in [9.17, 15) is 4.79 Å². The second-order valence-electron chi connectivity index (χ2n) is 8.87. The predicted molar refractivity (Wildman–Crippen MR) is 131 cm³/mol. The van der Waals surface area contributed by atoms with Crippen LogP contribution in [0, 0.1) is 5.92 Å². The van der Waals surface area contributed by atoms with Gasteiger partial charge in [-0.15, -0.1) is 0 Å². The summed E-state index contributed by atoms with van der Waals surface area (Å²) in [6.45, 7) is 2.31. The van der Waals surface area contributed by atoms with Gasteiger partial charge in [-0.05, 0) is 69.6 Å². The summed E-state index contributed by atoms with van der Waals surface area (Å²) in [6, 6.07) is 10.0. The Bertz CT molecular complexity index is 1090. The van der Waals surface area contributed by atoms with E-state index >= 15 is 0 Å². The van der Waals surface area contributed by atoms with Gasteiger partial charge < -0.3 is 4.74 Å². The molecule has 1 saturated carbocycles. The van der Waals surface area contributed by atoms with Crippen molar-refractivity contribution in [3.8, 4) is 0 Å². The lowest BCUT2D eigenvalue weighted by molar-refractivity contribution is -0.148. The first-order chi connectivity index (χ1) is 16.2. The van der Waals surface area contributed by atoms with Gasteiger partial charge in [0.1, 0.15) is 5.82 Å². The maximum Gasteiger partial charge on any atom is 0.308 e. The highest BCUT2D eigenvalue weighted by Crippen LogP contribution is 2.36. The third-order valence-electron chi connectivity index (χ3n) is 6.62. The van der Waals surface area contributed by atoms with E-state index in [-0.39, 0.29) is 11.9 Å². The number of aromatic nitrogens is 3. The Morgan fingerprint density at radius 2 is 1.91 bits per heavy atom. The van der Waals surface area contributed by atoms with E-state index in [0.29, 0.717) is 12.5 Å². The van der Waals surface area contributed by atoms with Gasteiger partial charge in [0.25, 0.3) is 0 Å². The van der Waals surface area contributed by atoms with Crippen molar-refractivity contribution in [2.75, 3.05) is 6.61 Å². The summed E-state index contributed by atoms with van der Waals surface area (Å²) in [5.74, 6) is 1.17. The summed E-state index contributed by atoms with van der Waals surface area (Å²) in [5, 5.41) is 1.88. The Morgan fingerprint density at radius 1 is 1.06 bits per heavy atom. The van der Waals surface area contributed by atoms with Gasteiger partial charge in [0.05, 0.1) is 23.7 Å². The molecule has 0 radical (unpaired) electrons. The third-order valence-corrected chi connectivity index (χ3v) is 6.99. The zero-order valence-corrected chi connectivity index (χ0v) is 20.1. The number of unbranched alkanes of at least 4 members (excludes halogenated alkanes) is 1. The fourth-order valence-electron chi connectivity index (χ4n) is 4.83. The second-order valence-corrected chi connectivity index (χ2v) is 9.28. The molecule has 0 N–H and O–H groups in total. The van der Waals surface area contributed by atoms with Crippen LogP contribution in [-0.2, 0) is 22.4 Å². The minimum Gasteiger partial charge on any atom is -0.466 e. The van der Waals surface area contributed by atoms with Crippen molar-refractivity contribution in [3.63, 3.8) is 0 Å². The summed E-state index contributed by atoms with van der Waals surface area (Å²) >= 11 is 6.26. The smallest absolute Gasteiger partial charge is 0.308 e. The summed E-state index contributed by atoms with van der Waals surface area (Å²) in [7, 11) is 0. The first-order valence-corrected chi connectivity index (χ1v) is 12.5. The molecule has 2 unspecified atom stereocenters. The van der Waals surface area contributed by atoms with Crippen LogP contribution in [0.4, 0.5) is 0 Å². The molecular formula is C27H32ClN3O2. The van der Waals surface area contributed by atoms with Crippen LogP contribution < -0.4 is 0 Å². The van der Waals surface area contributed by atoms with Crippen molar-refractivity contribution in [2.24, 2.45) is 5.92 Å². The maximum atomic E-state index is 12.2. The first kappa shape index (κ1) is 23.6. The Kier molecular flexibility index (Phi) is 8.27. The highest BCUT2D eigenvalue weighted by atomic mass is 35.5. The van der Waals surface area contributed by atoms with Crippen LogP contribution in [0.5, 0.6) is 0 Å². The molecule has 5 nitrogen and oxygen atoms in total. The van der Waals surface area contributed by atoms with Gasteiger partial charge in [0.2, 0.25) is 0 Å². The highest BCUT2D eigenvalue weighted by molar-refractivity contribution is 6.31. The van der Waals surface area contributed by atoms with E-state index in [1.54, 1.807) is 0 Å². The van der Waals surface area contributed by atoms with Crippen molar-refractivity contribution >= 4 is 28.5 Å². The van der Waals surface area contributed by atoms with Crippen LogP contribution in [0.1, 0.15) is 74.9 Å². The number of rotatable bonds is 8. The van der Waals surface area contributed by atoms with Crippen LogP contribution >= 0.6 is 11.6 Å². The summed E-state index contributed by atoms with van der Waals surface area (Å²) < 4.78 is 5.25. The monoisotopic (exact) mass is 465 g/mol. The van der Waals surface area contributed by atoms with Gasteiger partial charge in [0, 0.05) is 35.1 Å². The molecule has 2 atom stereocenters. The first-order valence-electron chi connectivity index (χ1n) is 12.2. The van der Waals surface area contributed by atoms with Crippen LogP contribution in [0.3, 0.4) is 0 Å². The maximum absolute atomic E-state index is 12.2. The molecule has 33 heavy (non-hydrogen) atoms. The number of carbonyl (C=O) groups is 1. The van der Waals surface area contributed by atoms with Gasteiger partial charge >= 0.3 is 5.97 Å². The molecule has 0 bridgehead atoms. The number of nitrogens with zero attached hydrogens (tertiary/aromatic N) is 3. The fourth-order valence-corrected chi connectivity index (χ4v) is 5.06. The SMILES string of the molecule is CCOC(=O)C1CCCC(c2nccc3nc(CCCCc4ccccc4Cl)ncc23)CC1. The number of carbonyl (C=O) groups excluding carboxylic acids is 1. The van der Waals surface area contributed by atoms with E-state index in [1.807, 2.05) is 43.6 Å². The number of hydrogen-bond acceptors (Lipinski definition) is 5. The second kappa shape index (κ2) is 11.6. The van der Waals surface area contributed by atoms with E-state index < -0.39 is 0 Å². The Labute approximate surface area is 201 Å². The minimum atomic E-state index is -0.0495. The molecule has 0 amide bonds. The van der Waals surface area contributed by atoms with Gasteiger partial charge in [-0.3, -0.25) is 9.78 Å². The highest BCUT2D eigenvalue weighted by Gasteiger charge is 2.27. The van der Waals surface area contributed by atoms with Crippen molar-refractivity contribution in [3.05, 3.63) is 64.8 Å². The van der Waals surface area contributed by atoms with Crippen LogP contribution in [-0.4, -0.2) is 27.5 Å². The Hall–Kier alpha value is -2.53. The molecule has 3 aromatic rings. The topological polar surface area (TPSA) is 65.0 Å². The Balaban J connectivity index is 1.39. The number of pyridine rings is 1. The lowest BCUT2D eigenvalue weighted by Gasteiger charge is -2.16. The lowest BCUT2D eigenvalue weighted by atomic mass is 9.93. The van der Waals surface area contributed by atoms with Crippen LogP contribution in [0.2, 0.25) is 5.02 Å². The van der Waals surface area contributed by atoms with E-state index in [1.165, 1.54) is 5.56 Å². The zero-order chi connectivity index (χ0) is 23.0. The van der Waals surface area contributed by atoms with Gasteiger partial charge in [0.15, 0.2) is 0 Å². The summed E-state index contributed by atoms with van der Waals surface area (Å²) in [5.41, 5.74) is 3.23. The average Bonchev–Trinajstić information content (AvgIpc) is 3.09. The number of aryl methyl sites for hydroxylation is 2. The molecule has 4 rings (SSSR count). The number of fused-ring (bicyclic) bond motifs is 1. The fraction of sp³-hybridized carbons (Fsp3) is 0.481. The molecule has 2 aromatic heterocycles. The number of ether oxygens (including phenoxy) is 1. The molecule has 0 spiro atoms. The molecule has 6 heteroatoms. The zero-order valence-electron chi connectivity index (χ0n) is 19.3. The molecule has 1 aromatic carbocycles. The third kappa shape index (κ3) is 6.08. The number of esters is 1. The van der Waals surface area contributed by atoms with Gasteiger partial charge in [-0.2, -0.15) is 0 Å². The largest absolute Gasteiger partial charge is 0.466 e. The van der Waals surface area contributed by atoms with Gasteiger partial charge in [-0.25, -0.2) is 9.97 Å². The Morgan fingerprint density at radius 3 is 2.76 bits per heavy atom. The molecular weight excluding hydrogens is 434 g/mol. The number of benzene rings is 1. The minimum absolute atomic E-state index is 0.0125. The predicted octanol–water partition coefficient (Wildman–Crippen LogP) is 6.47. The van der Waals surface area contributed by atoms with Crippen molar-refractivity contribution < 1.29 is 9.53 Å².